The zero-order chi connectivity index (χ0) is 7.15. The van der Waals surface area contributed by atoms with E-state index in [0.29, 0.717) is 0 Å². The molecule has 0 saturated heterocycles. The average molecular weight is 247 g/mol. The molecule has 2 radical (unpaired) electrons. The van der Waals surface area contributed by atoms with E-state index in [0.717, 1.165) is 0 Å². The zero-order valence-electron chi connectivity index (χ0n) is 4.13. The number of nitrogens with zero attached hydrogens (tertiary/aromatic N) is 2. The van der Waals surface area contributed by atoms with Gasteiger partial charge in [-0.15, -0.1) is 20.2 Å². The molecule has 0 aliphatic heterocycles. The van der Waals surface area contributed by atoms with E-state index in [4.69, 9.17) is 30.6 Å². The topological polar surface area (TPSA) is 127 Å². The Morgan fingerprint density at radius 1 is 1.00 bits per heavy atom. The molecule has 0 atom stereocenters. The van der Waals surface area contributed by atoms with Crippen LogP contribution in [0.4, 0.5) is 0 Å². The summed E-state index contributed by atoms with van der Waals surface area (Å²) in [5, 5.41) is 27.3. The Labute approximate surface area is 65.3 Å². The van der Waals surface area contributed by atoms with E-state index in [2.05, 4.69) is 0 Å². The molecular formula is H4N2O6Sn. The van der Waals surface area contributed by atoms with Gasteiger partial charge in [0.25, 0.3) is 10.2 Å². The molecule has 9 heavy (non-hydrogen) atoms. The molecule has 0 aliphatic carbocycles. The van der Waals surface area contributed by atoms with Crippen molar-refractivity contribution in [3.8, 4) is 0 Å². The average Bonchev–Trinajstić information content (AvgIpc) is 1.25. The van der Waals surface area contributed by atoms with Gasteiger partial charge in [-0.2, -0.15) is 0 Å². The maximum absolute atomic E-state index is 8.36. The van der Waals surface area contributed by atoms with Crippen LogP contribution in [0.15, 0.2) is 0 Å². The van der Waals surface area contributed by atoms with Crippen molar-refractivity contribution in [2.45, 2.75) is 0 Å². The third-order valence-electron chi connectivity index (χ3n) is 0. The van der Waals surface area contributed by atoms with Gasteiger partial charge in [-0.3, -0.25) is 0 Å². The Kier molecular flexibility index (Phi) is 17.9. The standard InChI is InChI=1S/2HNO3.Sn.2H/c2*2-1(3)4;;;/h2*(H,2,3,4);;;. The molecule has 0 rings (SSSR count). The first-order chi connectivity index (χ1) is 3.46. The summed E-state index contributed by atoms with van der Waals surface area (Å²) < 4.78 is 0. The van der Waals surface area contributed by atoms with Crippen LogP contribution in [-0.2, 0) is 0 Å². The Balaban J connectivity index is -0.0000000720. The molecule has 0 unspecified atom stereocenters. The van der Waals surface area contributed by atoms with Crippen molar-refractivity contribution in [3.05, 3.63) is 20.2 Å². The molecule has 0 amide bonds. The van der Waals surface area contributed by atoms with Crippen LogP contribution in [0.3, 0.4) is 0 Å². The molecule has 0 aromatic carbocycles. The van der Waals surface area contributed by atoms with Gasteiger partial charge in [0.2, 0.25) is 0 Å². The van der Waals surface area contributed by atoms with E-state index in [-0.39, 0.29) is 23.9 Å². The fourth-order valence-electron chi connectivity index (χ4n) is 0. The molecule has 0 bridgehead atoms. The first kappa shape index (κ1) is 15.7. The van der Waals surface area contributed by atoms with Gasteiger partial charge in [0.05, 0.1) is 0 Å². The first-order valence-corrected chi connectivity index (χ1v) is 1.13. The predicted molar refractivity (Wildman–Crippen MR) is 26.1 cm³/mol. The maximum atomic E-state index is 8.36. The molecule has 54 valence electrons. The summed E-state index contributed by atoms with van der Waals surface area (Å²) in [6.07, 6.45) is 0. The van der Waals surface area contributed by atoms with Crippen LogP contribution in [0.25, 0.3) is 0 Å². The second-order valence-corrected chi connectivity index (χ2v) is 0.476. The van der Waals surface area contributed by atoms with Gasteiger partial charge in [0, 0.05) is 0 Å². The number of rotatable bonds is 0. The van der Waals surface area contributed by atoms with E-state index < -0.39 is 10.2 Å². The van der Waals surface area contributed by atoms with Crippen molar-refractivity contribution in [2.24, 2.45) is 0 Å². The second-order valence-electron chi connectivity index (χ2n) is 0.476. The molecule has 0 heterocycles. The Morgan fingerprint density at radius 3 is 1.00 bits per heavy atom. The quantitative estimate of drug-likeness (QED) is 0.301. The molecule has 0 aromatic heterocycles. The van der Waals surface area contributed by atoms with Gasteiger partial charge in [-0.1, -0.05) is 0 Å². The van der Waals surface area contributed by atoms with Gasteiger partial charge in [0.15, 0.2) is 0 Å². The van der Waals surface area contributed by atoms with Crippen LogP contribution in [0.1, 0.15) is 0 Å². The second kappa shape index (κ2) is 10.2. The minimum atomic E-state index is -1.50. The zero-order valence-corrected chi connectivity index (χ0v) is 8.17. The molecule has 0 fully saturated rings. The molecule has 0 saturated carbocycles. The van der Waals surface area contributed by atoms with Crippen LogP contribution in [0.2, 0.25) is 0 Å². The molecule has 0 spiro atoms. The monoisotopic (exact) mass is 248 g/mol. The Bertz CT molecular complexity index is 69.1. The van der Waals surface area contributed by atoms with Crippen molar-refractivity contribution in [1.82, 2.24) is 0 Å². The SMILES string of the molecule is O=[N+]([O-])O.O=[N+]([O-])O.[SnH2]. The summed E-state index contributed by atoms with van der Waals surface area (Å²) >= 11 is 0. The third-order valence-corrected chi connectivity index (χ3v) is 0. The van der Waals surface area contributed by atoms with Crippen molar-refractivity contribution < 1.29 is 20.6 Å². The van der Waals surface area contributed by atoms with Crippen LogP contribution in [0, 0.1) is 20.2 Å². The normalized spacial score (nSPS) is 5.33. The van der Waals surface area contributed by atoms with Crippen molar-refractivity contribution >= 4 is 23.9 Å². The minimum absolute atomic E-state index is 0. The summed E-state index contributed by atoms with van der Waals surface area (Å²) in [5.74, 6) is 0. The van der Waals surface area contributed by atoms with Crippen LogP contribution in [0.5, 0.6) is 0 Å². The third kappa shape index (κ3) is 303. The Hall–Kier alpha value is -0.801. The van der Waals surface area contributed by atoms with Gasteiger partial charge >= 0.3 is 23.9 Å². The van der Waals surface area contributed by atoms with Gasteiger partial charge in [-0.05, 0) is 0 Å². The molecular weight excluding hydrogens is 243 g/mol. The van der Waals surface area contributed by atoms with Crippen LogP contribution >= 0.6 is 0 Å². The van der Waals surface area contributed by atoms with Crippen molar-refractivity contribution in [2.75, 3.05) is 0 Å². The number of hydrogen-bond donors (Lipinski definition) is 2. The van der Waals surface area contributed by atoms with Crippen LogP contribution < -0.4 is 0 Å². The fraction of sp³-hybridized carbons (Fsp3) is 0. The summed E-state index contributed by atoms with van der Waals surface area (Å²) in [6, 6.07) is 0. The summed E-state index contributed by atoms with van der Waals surface area (Å²) in [5.41, 5.74) is 0. The summed E-state index contributed by atoms with van der Waals surface area (Å²) in [7, 11) is 0. The fourth-order valence-corrected chi connectivity index (χ4v) is 0. The Morgan fingerprint density at radius 2 is 1.00 bits per heavy atom. The summed E-state index contributed by atoms with van der Waals surface area (Å²) in [4.78, 5) is 16.7. The van der Waals surface area contributed by atoms with E-state index in [9.17, 15) is 0 Å². The molecule has 2 N–H and O–H groups in total. The van der Waals surface area contributed by atoms with Crippen molar-refractivity contribution in [1.29, 1.82) is 0 Å². The molecule has 9 heteroatoms. The van der Waals surface area contributed by atoms with E-state index >= 15 is 0 Å². The van der Waals surface area contributed by atoms with Gasteiger partial charge < -0.3 is 10.4 Å². The van der Waals surface area contributed by atoms with Gasteiger partial charge in [-0.25, -0.2) is 0 Å². The molecule has 0 aromatic rings. The predicted octanol–water partition coefficient (Wildman–Crippen LogP) is -1.61. The summed E-state index contributed by atoms with van der Waals surface area (Å²) in [6.45, 7) is 0. The first-order valence-electron chi connectivity index (χ1n) is 1.13. The molecule has 8 nitrogen and oxygen atoms in total. The van der Waals surface area contributed by atoms with Gasteiger partial charge in [0.1, 0.15) is 0 Å². The van der Waals surface area contributed by atoms with Crippen molar-refractivity contribution in [3.63, 3.8) is 0 Å². The van der Waals surface area contributed by atoms with Crippen LogP contribution in [-0.4, -0.2) is 44.5 Å². The molecule has 0 aliphatic rings. The number of hydrogen-bond acceptors (Lipinski definition) is 4. The van der Waals surface area contributed by atoms with E-state index in [1.54, 1.807) is 0 Å². The van der Waals surface area contributed by atoms with E-state index in [1.165, 1.54) is 0 Å². The van der Waals surface area contributed by atoms with E-state index in [1.807, 2.05) is 0 Å².